The molecular formula is C22H23N5O3. The Labute approximate surface area is 173 Å². The van der Waals surface area contributed by atoms with Crippen LogP contribution in [0.5, 0.6) is 11.5 Å². The maximum Gasteiger partial charge on any atom is 0.232 e. The van der Waals surface area contributed by atoms with Crippen molar-refractivity contribution in [2.75, 3.05) is 26.7 Å². The summed E-state index contributed by atoms with van der Waals surface area (Å²) >= 11 is 0. The summed E-state index contributed by atoms with van der Waals surface area (Å²) in [7, 11) is 1.64. The molecular weight excluding hydrogens is 382 g/mol. The van der Waals surface area contributed by atoms with E-state index in [1.54, 1.807) is 25.4 Å². The molecule has 2 aliphatic rings. The number of benzene rings is 1. The number of carbonyl (C=O) groups excluding carboxylic acids is 1. The number of Topliss-reactive ketones (excluding diaryl/α,β-unsaturated/α-hetero) is 1. The molecule has 3 aromatic rings. The van der Waals surface area contributed by atoms with Crippen LogP contribution in [0.4, 0.5) is 0 Å². The maximum atomic E-state index is 13.1. The summed E-state index contributed by atoms with van der Waals surface area (Å²) in [5, 5.41) is 11.4. The number of nitrogens with zero attached hydrogens (tertiary/aromatic N) is 3. The van der Waals surface area contributed by atoms with Crippen LogP contribution in [0, 0.1) is 0 Å². The molecule has 0 saturated carbocycles. The fourth-order valence-corrected chi connectivity index (χ4v) is 4.06. The molecule has 0 unspecified atom stereocenters. The summed E-state index contributed by atoms with van der Waals surface area (Å²) < 4.78 is 11.7. The van der Waals surface area contributed by atoms with Crippen LogP contribution in [-0.2, 0) is 6.54 Å². The molecule has 2 aliphatic heterocycles. The number of ether oxygens (including phenoxy) is 2. The first-order valence-electron chi connectivity index (χ1n) is 10.0. The van der Waals surface area contributed by atoms with E-state index >= 15 is 0 Å². The molecule has 0 bridgehead atoms. The second-order valence-corrected chi connectivity index (χ2v) is 7.59. The first kappa shape index (κ1) is 18.8. The van der Waals surface area contributed by atoms with Crippen molar-refractivity contribution in [1.82, 2.24) is 25.4 Å². The number of rotatable bonds is 4. The Morgan fingerprint density at radius 3 is 3.10 bits per heavy atom. The average molecular weight is 405 g/mol. The molecule has 0 aliphatic carbocycles. The number of aromatic amines is 1. The van der Waals surface area contributed by atoms with Crippen LogP contribution in [0.25, 0.3) is 17.1 Å². The number of pyridine rings is 1. The van der Waals surface area contributed by atoms with Crippen LogP contribution in [0.15, 0.2) is 36.2 Å². The Balaban J connectivity index is 1.52. The van der Waals surface area contributed by atoms with E-state index in [4.69, 9.17) is 9.47 Å². The highest BCUT2D eigenvalue weighted by Crippen LogP contribution is 2.41. The molecule has 1 aromatic carbocycles. The third-order valence-corrected chi connectivity index (χ3v) is 5.75. The predicted molar refractivity (Wildman–Crippen MR) is 113 cm³/mol. The molecule has 8 nitrogen and oxygen atoms in total. The van der Waals surface area contributed by atoms with Gasteiger partial charge in [-0.2, -0.15) is 5.10 Å². The molecule has 4 heterocycles. The number of hydrogen-bond donors (Lipinski definition) is 2. The second-order valence-electron chi connectivity index (χ2n) is 7.59. The molecule has 0 amide bonds. The van der Waals surface area contributed by atoms with Crippen LogP contribution < -0.4 is 14.8 Å². The van der Waals surface area contributed by atoms with Gasteiger partial charge in [-0.15, -0.1) is 0 Å². The van der Waals surface area contributed by atoms with Crippen LogP contribution in [0.3, 0.4) is 0 Å². The number of aromatic nitrogens is 3. The summed E-state index contributed by atoms with van der Waals surface area (Å²) in [4.78, 5) is 19.7. The number of H-pyrrole nitrogens is 1. The van der Waals surface area contributed by atoms with Crippen molar-refractivity contribution in [3.05, 3.63) is 53.0 Å². The van der Waals surface area contributed by atoms with Crippen molar-refractivity contribution in [3.63, 3.8) is 0 Å². The molecule has 0 spiro atoms. The van der Waals surface area contributed by atoms with E-state index in [0.717, 1.165) is 36.3 Å². The highest BCUT2D eigenvalue weighted by Gasteiger charge is 2.33. The highest BCUT2D eigenvalue weighted by atomic mass is 16.5. The second kappa shape index (κ2) is 7.55. The minimum Gasteiger partial charge on any atom is -0.496 e. The lowest BCUT2D eigenvalue weighted by molar-refractivity contribution is 0.101. The van der Waals surface area contributed by atoms with Crippen LogP contribution in [-0.4, -0.2) is 58.7 Å². The van der Waals surface area contributed by atoms with E-state index in [1.807, 2.05) is 18.2 Å². The van der Waals surface area contributed by atoms with Crippen LogP contribution in [0.1, 0.15) is 28.5 Å². The number of methoxy groups -OCH3 is 1. The molecule has 1 fully saturated rings. The largest absolute Gasteiger partial charge is 0.496 e. The highest BCUT2D eigenvalue weighted by molar-refractivity contribution is 6.15. The lowest BCUT2D eigenvalue weighted by Crippen LogP contribution is -2.49. The first-order valence-corrected chi connectivity index (χ1v) is 10.0. The summed E-state index contributed by atoms with van der Waals surface area (Å²) in [5.41, 5.74) is 2.74. The van der Waals surface area contributed by atoms with Gasteiger partial charge in [-0.05, 0) is 31.2 Å². The minimum absolute atomic E-state index is 0.151. The summed E-state index contributed by atoms with van der Waals surface area (Å²) in [6.07, 6.45) is 3.37. The average Bonchev–Trinajstić information content (AvgIpc) is 3.32. The van der Waals surface area contributed by atoms with Gasteiger partial charge in [0.15, 0.2) is 11.4 Å². The van der Waals surface area contributed by atoms with Crippen molar-refractivity contribution in [2.24, 2.45) is 0 Å². The quantitative estimate of drug-likeness (QED) is 0.644. The van der Waals surface area contributed by atoms with Crippen molar-refractivity contribution in [1.29, 1.82) is 0 Å². The maximum absolute atomic E-state index is 13.1. The third-order valence-electron chi connectivity index (χ3n) is 5.75. The number of allylic oxidation sites excluding steroid dienone is 1. The monoisotopic (exact) mass is 405 g/mol. The molecule has 0 radical (unpaired) electrons. The van der Waals surface area contributed by atoms with E-state index in [0.29, 0.717) is 35.2 Å². The van der Waals surface area contributed by atoms with Gasteiger partial charge in [0.05, 0.1) is 23.9 Å². The molecule has 8 heteroatoms. The van der Waals surface area contributed by atoms with Crippen molar-refractivity contribution in [3.8, 4) is 11.5 Å². The topological polar surface area (TPSA) is 92.4 Å². The number of carbonyl (C=O) groups is 1. The number of nitrogens with one attached hydrogen (secondary N) is 2. The lowest BCUT2D eigenvalue weighted by atomic mass is 10.0. The third kappa shape index (κ3) is 3.14. The Bertz CT molecular complexity index is 1150. The molecule has 1 saturated heterocycles. The molecule has 2 aromatic heterocycles. The Morgan fingerprint density at radius 1 is 1.37 bits per heavy atom. The number of hydrogen-bond acceptors (Lipinski definition) is 7. The number of fused-ring (bicyclic) bond motifs is 2. The Kier molecular flexibility index (Phi) is 4.72. The van der Waals surface area contributed by atoms with Gasteiger partial charge in [0, 0.05) is 49.9 Å². The summed E-state index contributed by atoms with van der Waals surface area (Å²) in [6.45, 7) is 5.65. The van der Waals surface area contributed by atoms with Crippen molar-refractivity contribution in [2.45, 2.75) is 19.5 Å². The van der Waals surface area contributed by atoms with Gasteiger partial charge in [-0.25, -0.2) is 4.98 Å². The molecule has 30 heavy (non-hydrogen) atoms. The van der Waals surface area contributed by atoms with E-state index < -0.39 is 0 Å². The zero-order valence-corrected chi connectivity index (χ0v) is 16.9. The fourth-order valence-electron chi connectivity index (χ4n) is 4.06. The van der Waals surface area contributed by atoms with Gasteiger partial charge in [-0.3, -0.25) is 14.8 Å². The van der Waals surface area contributed by atoms with Gasteiger partial charge < -0.3 is 14.8 Å². The smallest absolute Gasteiger partial charge is 0.232 e. The van der Waals surface area contributed by atoms with Crippen molar-refractivity contribution >= 4 is 22.9 Å². The number of piperazine rings is 1. The predicted octanol–water partition coefficient (Wildman–Crippen LogP) is 2.38. The standard InChI is InChI=1S/C22H23N5O3/c1-13-11-23-8-9-27(13)12-16-18(29-2)6-5-15-20(28)19(30-21(15)16)10-17-14-4-3-7-24-22(14)26-25-17/h3-7,10,13,23H,8-9,11-12H2,1-2H3,(H,24,25,26)/t13-/m0/s1. The first-order chi connectivity index (χ1) is 14.7. The Morgan fingerprint density at radius 2 is 2.27 bits per heavy atom. The summed E-state index contributed by atoms with van der Waals surface area (Å²) in [6, 6.07) is 7.74. The molecule has 5 rings (SSSR count). The normalized spacial score (nSPS) is 20.5. The Hall–Kier alpha value is -3.23. The minimum atomic E-state index is -0.151. The lowest BCUT2D eigenvalue weighted by Gasteiger charge is -2.34. The van der Waals surface area contributed by atoms with Crippen LogP contribution in [0.2, 0.25) is 0 Å². The molecule has 154 valence electrons. The molecule has 2 N–H and O–H groups in total. The van der Waals surface area contributed by atoms with E-state index in [9.17, 15) is 4.79 Å². The zero-order chi connectivity index (χ0) is 20.7. The fraction of sp³-hybridized carbons (Fsp3) is 0.318. The van der Waals surface area contributed by atoms with E-state index in [2.05, 4.69) is 32.3 Å². The summed E-state index contributed by atoms with van der Waals surface area (Å²) in [5.74, 6) is 1.41. The van der Waals surface area contributed by atoms with Crippen molar-refractivity contribution < 1.29 is 14.3 Å². The SMILES string of the molecule is COc1ccc2c(c1CN1CCNC[C@@H]1C)OC(=Cc1n[nH]c3ncccc13)C2=O. The van der Waals surface area contributed by atoms with Gasteiger partial charge in [-0.1, -0.05) is 0 Å². The zero-order valence-electron chi connectivity index (χ0n) is 16.9. The van der Waals surface area contributed by atoms with Gasteiger partial charge >= 0.3 is 0 Å². The number of ketones is 1. The van der Waals surface area contributed by atoms with Gasteiger partial charge in [0.2, 0.25) is 5.78 Å². The van der Waals surface area contributed by atoms with E-state index in [1.165, 1.54) is 0 Å². The van der Waals surface area contributed by atoms with Crippen LogP contribution >= 0.6 is 0 Å². The molecule has 1 atom stereocenters. The van der Waals surface area contributed by atoms with Gasteiger partial charge in [0.1, 0.15) is 11.5 Å². The van der Waals surface area contributed by atoms with E-state index in [-0.39, 0.29) is 11.5 Å². The van der Waals surface area contributed by atoms with Gasteiger partial charge in [0.25, 0.3) is 0 Å².